The fraction of sp³-hybridized carbons (Fsp3) is 0.696. The van der Waals surface area contributed by atoms with E-state index < -0.39 is 0 Å². The number of nitrogens with one attached hydrogen (secondary N) is 2. The number of likely N-dealkylation sites (tertiary alicyclic amines) is 1. The van der Waals surface area contributed by atoms with Gasteiger partial charge in [0.05, 0.1) is 19.2 Å². The van der Waals surface area contributed by atoms with Crippen molar-refractivity contribution in [2.24, 2.45) is 4.99 Å². The first-order valence-corrected chi connectivity index (χ1v) is 11.3. The lowest BCUT2D eigenvalue weighted by molar-refractivity contribution is 0.142. The first-order chi connectivity index (χ1) is 14.2. The van der Waals surface area contributed by atoms with E-state index in [1.54, 1.807) is 7.11 Å². The van der Waals surface area contributed by atoms with Crippen LogP contribution < -0.4 is 15.5 Å². The number of nitrogens with zero attached hydrogens (tertiary/aromatic N) is 3. The second-order valence-corrected chi connectivity index (χ2v) is 8.20. The molecule has 2 fully saturated rings. The molecule has 2 saturated heterocycles. The molecule has 2 unspecified atom stereocenters. The lowest BCUT2D eigenvalue weighted by Gasteiger charge is -2.24. The van der Waals surface area contributed by atoms with Crippen LogP contribution in [-0.2, 0) is 4.74 Å². The second-order valence-electron chi connectivity index (χ2n) is 8.20. The molecule has 2 aliphatic rings. The maximum absolute atomic E-state index is 5.26. The third-order valence-corrected chi connectivity index (χ3v) is 6.08. The van der Waals surface area contributed by atoms with Crippen molar-refractivity contribution in [1.82, 2.24) is 15.5 Å². The molecule has 2 aliphatic heterocycles. The number of halogens is 1. The number of hydrogen-bond acceptors (Lipinski definition) is 4. The van der Waals surface area contributed by atoms with E-state index in [1.165, 1.54) is 50.0 Å². The minimum Gasteiger partial charge on any atom is -0.383 e. The molecule has 170 valence electrons. The summed E-state index contributed by atoms with van der Waals surface area (Å²) in [7, 11) is 1.77. The molecule has 2 N–H and O–H groups in total. The van der Waals surface area contributed by atoms with Gasteiger partial charge in [0.2, 0.25) is 0 Å². The summed E-state index contributed by atoms with van der Waals surface area (Å²) in [5.74, 6) is 0.908. The van der Waals surface area contributed by atoms with Crippen LogP contribution in [0.4, 0.5) is 5.69 Å². The number of guanidine groups is 1. The molecule has 1 aromatic rings. The summed E-state index contributed by atoms with van der Waals surface area (Å²) in [5, 5.41) is 7.03. The number of aliphatic imine (C=N–C) groups is 1. The molecule has 0 saturated carbocycles. The lowest BCUT2D eigenvalue weighted by atomic mass is 10.1. The van der Waals surface area contributed by atoms with E-state index in [4.69, 9.17) is 9.73 Å². The van der Waals surface area contributed by atoms with Crippen LogP contribution in [0.5, 0.6) is 0 Å². The molecule has 0 bridgehead atoms. The van der Waals surface area contributed by atoms with E-state index in [0.29, 0.717) is 6.04 Å². The fourth-order valence-electron chi connectivity index (χ4n) is 4.38. The van der Waals surface area contributed by atoms with Crippen LogP contribution in [0, 0.1) is 0 Å². The number of ether oxygens (including phenoxy) is 1. The summed E-state index contributed by atoms with van der Waals surface area (Å²) in [4.78, 5) is 9.92. The Morgan fingerprint density at radius 1 is 1.23 bits per heavy atom. The molecule has 1 aromatic carbocycles. The average molecular weight is 530 g/mol. The SMILES string of the molecule is CCNC(=NCC1CCCN1CCOC)NC(C)c1cccc(N2CCCC2)c1.I. The highest BCUT2D eigenvalue weighted by Crippen LogP contribution is 2.24. The highest BCUT2D eigenvalue weighted by Gasteiger charge is 2.24. The smallest absolute Gasteiger partial charge is 0.191 e. The highest BCUT2D eigenvalue weighted by molar-refractivity contribution is 14.0. The maximum Gasteiger partial charge on any atom is 0.191 e. The highest BCUT2D eigenvalue weighted by atomic mass is 127. The monoisotopic (exact) mass is 529 g/mol. The van der Waals surface area contributed by atoms with Gasteiger partial charge in [-0.1, -0.05) is 12.1 Å². The van der Waals surface area contributed by atoms with Crippen molar-refractivity contribution in [3.8, 4) is 0 Å². The fourth-order valence-corrected chi connectivity index (χ4v) is 4.38. The molecule has 2 heterocycles. The zero-order valence-electron chi connectivity index (χ0n) is 18.9. The molecular formula is C23H40IN5O. The van der Waals surface area contributed by atoms with Crippen LogP contribution in [0.25, 0.3) is 0 Å². The Kier molecular flexibility index (Phi) is 11.2. The normalized spacial score (nSPS) is 20.8. The van der Waals surface area contributed by atoms with Crippen molar-refractivity contribution in [2.75, 3.05) is 57.9 Å². The number of hydrogen-bond donors (Lipinski definition) is 2. The lowest BCUT2D eigenvalue weighted by Crippen LogP contribution is -2.40. The van der Waals surface area contributed by atoms with Gasteiger partial charge in [0, 0.05) is 45.0 Å². The summed E-state index contributed by atoms with van der Waals surface area (Å²) in [5.41, 5.74) is 2.65. The van der Waals surface area contributed by atoms with E-state index >= 15 is 0 Å². The Hall–Kier alpha value is -1.06. The molecular weight excluding hydrogens is 489 g/mol. The molecule has 0 spiro atoms. The van der Waals surface area contributed by atoms with E-state index in [2.05, 4.69) is 58.5 Å². The van der Waals surface area contributed by atoms with Crippen molar-refractivity contribution in [3.63, 3.8) is 0 Å². The third-order valence-electron chi connectivity index (χ3n) is 6.08. The van der Waals surface area contributed by atoms with Gasteiger partial charge in [-0.25, -0.2) is 0 Å². The Bertz CT molecular complexity index is 650. The van der Waals surface area contributed by atoms with E-state index in [0.717, 1.165) is 38.7 Å². The molecule has 30 heavy (non-hydrogen) atoms. The number of anilines is 1. The molecule has 6 nitrogen and oxygen atoms in total. The molecule has 2 atom stereocenters. The van der Waals surface area contributed by atoms with Crippen molar-refractivity contribution in [3.05, 3.63) is 29.8 Å². The second kappa shape index (κ2) is 13.4. The Morgan fingerprint density at radius 3 is 2.77 bits per heavy atom. The summed E-state index contributed by atoms with van der Waals surface area (Å²) in [6.45, 7) is 11.3. The van der Waals surface area contributed by atoms with Crippen molar-refractivity contribution >= 4 is 35.6 Å². The van der Waals surface area contributed by atoms with Gasteiger partial charge in [0.15, 0.2) is 5.96 Å². The molecule has 0 aliphatic carbocycles. The maximum atomic E-state index is 5.26. The standard InChI is InChI=1S/C23H39N5O.HI/c1-4-24-23(25-18-22-11-8-14-28(22)15-16-29-3)26-19(2)20-9-7-10-21(17-20)27-12-5-6-13-27;/h7,9-10,17,19,22H,4-6,8,11-16,18H2,1-3H3,(H2,24,25,26);1H. The first-order valence-electron chi connectivity index (χ1n) is 11.3. The van der Waals surface area contributed by atoms with Crippen molar-refractivity contribution in [2.45, 2.75) is 51.6 Å². The van der Waals surface area contributed by atoms with Crippen LogP contribution in [0.1, 0.15) is 51.1 Å². The Morgan fingerprint density at radius 2 is 2.03 bits per heavy atom. The van der Waals surface area contributed by atoms with Gasteiger partial charge in [-0.15, -0.1) is 24.0 Å². The average Bonchev–Trinajstić information content (AvgIpc) is 3.42. The third kappa shape index (κ3) is 7.27. The Balaban J connectivity index is 0.00000320. The molecule has 0 aromatic heterocycles. The van der Waals surface area contributed by atoms with Crippen molar-refractivity contribution in [1.29, 1.82) is 0 Å². The summed E-state index contributed by atoms with van der Waals surface area (Å²) in [6, 6.07) is 9.69. The molecule has 3 rings (SSSR count). The van der Waals surface area contributed by atoms with Gasteiger partial charge in [-0.3, -0.25) is 9.89 Å². The van der Waals surface area contributed by atoms with Crippen LogP contribution >= 0.6 is 24.0 Å². The predicted octanol–water partition coefficient (Wildman–Crippen LogP) is 3.63. The van der Waals surface area contributed by atoms with Crippen LogP contribution in [0.3, 0.4) is 0 Å². The van der Waals surface area contributed by atoms with Gasteiger partial charge in [0.1, 0.15) is 0 Å². The molecule has 0 amide bonds. The largest absolute Gasteiger partial charge is 0.383 e. The zero-order valence-corrected chi connectivity index (χ0v) is 21.2. The minimum atomic E-state index is 0. The Labute approximate surface area is 199 Å². The molecule has 0 radical (unpaired) electrons. The van der Waals surface area contributed by atoms with Crippen molar-refractivity contribution < 1.29 is 4.74 Å². The number of rotatable bonds is 9. The summed E-state index contributed by atoms with van der Waals surface area (Å²) >= 11 is 0. The van der Waals surface area contributed by atoms with Crippen LogP contribution in [0.2, 0.25) is 0 Å². The van der Waals surface area contributed by atoms with E-state index in [9.17, 15) is 0 Å². The first kappa shape index (κ1) is 25.2. The zero-order chi connectivity index (χ0) is 20.5. The summed E-state index contributed by atoms with van der Waals surface area (Å²) < 4.78 is 5.26. The minimum absolute atomic E-state index is 0. The number of methoxy groups -OCH3 is 1. The van der Waals surface area contributed by atoms with Crippen LogP contribution in [0.15, 0.2) is 29.3 Å². The van der Waals surface area contributed by atoms with E-state index in [1.807, 2.05) is 0 Å². The number of benzene rings is 1. The summed E-state index contributed by atoms with van der Waals surface area (Å²) in [6.07, 6.45) is 5.09. The van der Waals surface area contributed by atoms with Gasteiger partial charge in [-0.05, 0) is 63.8 Å². The van der Waals surface area contributed by atoms with Gasteiger partial charge < -0.3 is 20.3 Å². The van der Waals surface area contributed by atoms with Gasteiger partial charge in [0.25, 0.3) is 0 Å². The van der Waals surface area contributed by atoms with Gasteiger partial charge in [-0.2, -0.15) is 0 Å². The van der Waals surface area contributed by atoms with Crippen LogP contribution in [-0.4, -0.2) is 69.9 Å². The topological polar surface area (TPSA) is 52.1 Å². The van der Waals surface area contributed by atoms with E-state index in [-0.39, 0.29) is 30.0 Å². The quantitative estimate of drug-likeness (QED) is 0.291. The van der Waals surface area contributed by atoms with Gasteiger partial charge >= 0.3 is 0 Å². The predicted molar refractivity (Wildman–Crippen MR) is 137 cm³/mol. The molecule has 7 heteroatoms.